The molecule has 0 aliphatic rings. The molecule has 64 valence electrons. The lowest BCUT2D eigenvalue weighted by atomic mass is 10.1. The maximum absolute atomic E-state index is 4.37. The van der Waals surface area contributed by atoms with Crippen LogP contribution in [0, 0.1) is 6.92 Å². The largest absolute Gasteiger partial charge is 0.252 e. The molecule has 2 rings (SSSR count). The van der Waals surface area contributed by atoms with E-state index in [1.165, 1.54) is 11.3 Å². The predicted octanol–water partition coefficient (Wildman–Crippen LogP) is 2.83. The summed E-state index contributed by atoms with van der Waals surface area (Å²) in [4.78, 5) is 4.37. The summed E-state index contributed by atoms with van der Waals surface area (Å²) in [5.41, 5.74) is 3.71. The van der Waals surface area contributed by atoms with Crippen LogP contribution in [-0.4, -0.2) is 8.77 Å². The van der Waals surface area contributed by atoms with Crippen molar-refractivity contribution >= 4 is 17.2 Å². The standard InChI is InChI=1S/C9H12N2S/c1-6(2)8-5-12-11-7(3)4-10-9(8)11/h4-6H,1-3H3. The van der Waals surface area contributed by atoms with Crippen molar-refractivity contribution in [2.75, 3.05) is 0 Å². The fourth-order valence-corrected chi connectivity index (χ4v) is 2.37. The predicted molar refractivity (Wildman–Crippen MR) is 51.9 cm³/mol. The molecule has 0 bridgehead atoms. The number of rotatable bonds is 1. The molecular weight excluding hydrogens is 168 g/mol. The highest BCUT2D eigenvalue weighted by Crippen LogP contribution is 2.24. The van der Waals surface area contributed by atoms with Gasteiger partial charge in [-0.05, 0) is 12.8 Å². The Hall–Kier alpha value is -0.830. The Bertz CT molecular complexity index is 397. The zero-order valence-electron chi connectivity index (χ0n) is 7.53. The van der Waals surface area contributed by atoms with Gasteiger partial charge in [0.05, 0.1) is 5.69 Å². The number of aryl methyl sites for hydroxylation is 1. The number of fused-ring (bicyclic) bond motifs is 1. The van der Waals surface area contributed by atoms with Crippen LogP contribution in [0.5, 0.6) is 0 Å². The van der Waals surface area contributed by atoms with Crippen LogP contribution in [0.25, 0.3) is 5.65 Å². The summed E-state index contributed by atoms with van der Waals surface area (Å²) in [6.45, 7) is 6.48. The van der Waals surface area contributed by atoms with E-state index >= 15 is 0 Å². The van der Waals surface area contributed by atoms with E-state index in [1.807, 2.05) is 6.20 Å². The number of imidazole rings is 1. The van der Waals surface area contributed by atoms with Gasteiger partial charge in [-0.25, -0.2) is 4.98 Å². The minimum atomic E-state index is 0.570. The van der Waals surface area contributed by atoms with Crippen LogP contribution in [0.2, 0.25) is 0 Å². The second-order valence-electron chi connectivity index (χ2n) is 3.35. The average molecular weight is 180 g/mol. The van der Waals surface area contributed by atoms with Crippen molar-refractivity contribution in [2.24, 2.45) is 0 Å². The lowest BCUT2D eigenvalue weighted by molar-refractivity contribution is 0.874. The van der Waals surface area contributed by atoms with Crippen molar-refractivity contribution in [3.8, 4) is 0 Å². The van der Waals surface area contributed by atoms with Gasteiger partial charge >= 0.3 is 0 Å². The molecule has 0 atom stereocenters. The van der Waals surface area contributed by atoms with E-state index in [4.69, 9.17) is 0 Å². The maximum atomic E-state index is 4.37. The summed E-state index contributed by atoms with van der Waals surface area (Å²) >= 11 is 1.73. The fourth-order valence-electron chi connectivity index (χ4n) is 1.31. The first-order valence-electron chi connectivity index (χ1n) is 4.12. The highest BCUT2D eigenvalue weighted by molar-refractivity contribution is 7.04. The first-order valence-corrected chi connectivity index (χ1v) is 4.95. The summed E-state index contributed by atoms with van der Waals surface area (Å²) in [7, 11) is 0. The first-order chi connectivity index (χ1) is 5.70. The lowest BCUT2D eigenvalue weighted by Gasteiger charge is -1.97. The van der Waals surface area contributed by atoms with Crippen molar-refractivity contribution in [2.45, 2.75) is 26.7 Å². The molecule has 2 aromatic heterocycles. The van der Waals surface area contributed by atoms with Crippen molar-refractivity contribution in [3.05, 3.63) is 22.8 Å². The van der Waals surface area contributed by atoms with Crippen molar-refractivity contribution in [1.82, 2.24) is 8.77 Å². The summed E-state index contributed by atoms with van der Waals surface area (Å²) in [5.74, 6) is 0.570. The molecule has 0 radical (unpaired) electrons. The highest BCUT2D eigenvalue weighted by atomic mass is 32.1. The second-order valence-corrected chi connectivity index (χ2v) is 4.16. The summed E-state index contributed by atoms with van der Waals surface area (Å²) in [5, 5.41) is 2.19. The molecule has 0 unspecified atom stereocenters. The van der Waals surface area contributed by atoms with Gasteiger partial charge in [0.15, 0.2) is 5.65 Å². The second kappa shape index (κ2) is 2.59. The van der Waals surface area contributed by atoms with Gasteiger partial charge in [0, 0.05) is 17.1 Å². The molecular formula is C9H12N2S. The monoisotopic (exact) mass is 180 g/mol. The van der Waals surface area contributed by atoms with Crippen LogP contribution in [0.1, 0.15) is 31.0 Å². The normalized spacial score (nSPS) is 11.7. The molecule has 0 saturated heterocycles. The van der Waals surface area contributed by atoms with Gasteiger partial charge in [0.1, 0.15) is 0 Å². The average Bonchev–Trinajstić information content (AvgIpc) is 2.53. The van der Waals surface area contributed by atoms with Gasteiger partial charge in [-0.1, -0.05) is 25.4 Å². The smallest absolute Gasteiger partial charge is 0.150 e. The summed E-state index contributed by atoms with van der Waals surface area (Å²) in [6.07, 6.45) is 1.93. The molecule has 0 amide bonds. The molecule has 0 aliphatic carbocycles. The Morgan fingerprint density at radius 2 is 2.25 bits per heavy atom. The van der Waals surface area contributed by atoms with Crippen LogP contribution in [0.4, 0.5) is 0 Å². The molecule has 0 N–H and O–H groups in total. The van der Waals surface area contributed by atoms with Crippen molar-refractivity contribution in [1.29, 1.82) is 0 Å². The summed E-state index contributed by atoms with van der Waals surface area (Å²) < 4.78 is 2.18. The molecule has 12 heavy (non-hydrogen) atoms. The van der Waals surface area contributed by atoms with E-state index in [0.717, 1.165) is 5.65 Å². The van der Waals surface area contributed by atoms with Gasteiger partial charge in [0.25, 0.3) is 0 Å². The van der Waals surface area contributed by atoms with Gasteiger partial charge in [-0.2, -0.15) is 0 Å². The molecule has 0 aliphatic heterocycles. The maximum Gasteiger partial charge on any atom is 0.150 e. The fraction of sp³-hybridized carbons (Fsp3) is 0.444. The third kappa shape index (κ3) is 0.966. The van der Waals surface area contributed by atoms with E-state index in [2.05, 4.69) is 34.9 Å². The summed E-state index contributed by atoms with van der Waals surface area (Å²) in [6, 6.07) is 0. The molecule has 0 saturated carbocycles. The van der Waals surface area contributed by atoms with Gasteiger partial charge in [-0.3, -0.25) is 3.79 Å². The molecule has 3 heteroatoms. The van der Waals surface area contributed by atoms with Crippen LogP contribution in [0.3, 0.4) is 0 Å². The lowest BCUT2D eigenvalue weighted by Crippen LogP contribution is -1.85. The van der Waals surface area contributed by atoms with E-state index in [1.54, 1.807) is 11.5 Å². The Labute approximate surface area is 76.0 Å². The van der Waals surface area contributed by atoms with Crippen LogP contribution in [-0.2, 0) is 0 Å². The Balaban J connectivity index is 2.71. The van der Waals surface area contributed by atoms with Crippen molar-refractivity contribution < 1.29 is 0 Å². The Kier molecular flexibility index (Phi) is 1.68. The molecule has 0 spiro atoms. The minimum absolute atomic E-state index is 0.570. The van der Waals surface area contributed by atoms with Crippen molar-refractivity contribution in [3.63, 3.8) is 0 Å². The Morgan fingerprint density at radius 1 is 1.50 bits per heavy atom. The van der Waals surface area contributed by atoms with Crippen LogP contribution >= 0.6 is 11.5 Å². The van der Waals surface area contributed by atoms with E-state index in [-0.39, 0.29) is 0 Å². The number of nitrogens with zero attached hydrogens (tertiary/aromatic N) is 2. The van der Waals surface area contributed by atoms with Gasteiger partial charge in [-0.15, -0.1) is 0 Å². The van der Waals surface area contributed by atoms with E-state index in [0.29, 0.717) is 5.92 Å². The highest BCUT2D eigenvalue weighted by Gasteiger charge is 2.09. The zero-order chi connectivity index (χ0) is 8.72. The SMILES string of the molecule is Cc1cnc2c(C(C)C)csn12. The molecule has 0 fully saturated rings. The van der Waals surface area contributed by atoms with Crippen LogP contribution < -0.4 is 0 Å². The van der Waals surface area contributed by atoms with Gasteiger partial charge < -0.3 is 0 Å². The van der Waals surface area contributed by atoms with E-state index < -0.39 is 0 Å². The Morgan fingerprint density at radius 3 is 2.92 bits per heavy atom. The third-order valence-electron chi connectivity index (χ3n) is 2.05. The zero-order valence-corrected chi connectivity index (χ0v) is 8.35. The number of hydrogen-bond acceptors (Lipinski definition) is 2. The quantitative estimate of drug-likeness (QED) is 0.659. The van der Waals surface area contributed by atoms with E-state index in [9.17, 15) is 0 Å². The molecule has 2 aromatic rings. The third-order valence-corrected chi connectivity index (χ3v) is 3.08. The van der Waals surface area contributed by atoms with Crippen LogP contribution in [0.15, 0.2) is 11.6 Å². The topological polar surface area (TPSA) is 17.3 Å². The number of hydrogen-bond donors (Lipinski definition) is 0. The van der Waals surface area contributed by atoms with Gasteiger partial charge in [0.2, 0.25) is 0 Å². The molecule has 0 aromatic carbocycles. The molecule has 2 nitrogen and oxygen atoms in total. The first kappa shape index (κ1) is 7.80. The minimum Gasteiger partial charge on any atom is -0.252 e. The molecule has 2 heterocycles. The number of aromatic nitrogens is 2.